The molecule has 6 nitrogen and oxygen atoms in total. The molecule has 0 unspecified atom stereocenters. The number of piperidine rings is 1. The van der Waals surface area contributed by atoms with Crippen LogP contribution in [-0.4, -0.2) is 48.5 Å². The summed E-state index contributed by atoms with van der Waals surface area (Å²) in [6.07, 6.45) is 0.986. The minimum absolute atomic E-state index is 0.00423. The van der Waals surface area contributed by atoms with Gasteiger partial charge in [-0.3, -0.25) is 4.79 Å². The lowest BCUT2D eigenvalue weighted by molar-refractivity contribution is -0.135. The van der Waals surface area contributed by atoms with Gasteiger partial charge >= 0.3 is 0 Å². The molecule has 1 aromatic carbocycles. The number of fused-ring (bicyclic) bond motifs is 1. The van der Waals surface area contributed by atoms with E-state index in [0.29, 0.717) is 43.2 Å². The lowest BCUT2D eigenvalue weighted by Crippen LogP contribution is -2.42. The van der Waals surface area contributed by atoms with E-state index in [4.69, 9.17) is 14.2 Å². The standard InChI is InChI=1S/C14H17NO5/c16-10-3-5-15(6-4-10)14(17)8-18-11-1-2-12-13(7-11)20-9-19-12/h1-2,7,10,16H,3-6,8-9H2. The molecule has 108 valence electrons. The van der Waals surface area contributed by atoms with E-state index in [0.717, 1.165) is 0 Å². The largest absolute Gasteiger partial charge is 0.484 e. The molecule has 2 heterocycles. The van der Waals surface area contributed by atoms with Gasteiger partial charge in [0.25, 0.3) is 5.91 Å². The van der Waals surface area contributed by atoms with Gasteiger partial charge in [0.15, 0.2) is 18.1 Å². The number of ether oxygens (including phenoxy) is 3. The molecular weight excluding hydrogens is 262 g/mol. The van der Waals surface area contributed by atoms with E-state index >= 15 is 0 Å². The molecule has 1 saturated heterocycles. The van der Waals surface area contributed by atoms with Crippen molar-refractivity contribution < 1.29 is 24.1 Å². The van der Waals surface area contributed by atoms with Crippen LogP contribution >= 0.6 is 0 Å². The molecule has 20 heavy (non-hydrogen) atoms. The van der Waals surface area contributed by atoms with Crippen LogP contribution in [0.15, 0.2) is 18.2 Å². The van der Waals surface area contributed by atoms with Crippen molar-refractivity contribution in [2.75, 3.05) is 26.5 Å². The molecular formula is C14H17NO5. The Kier molecular flexibility index (Phi) is 3.64. The quantitative estimate of drug-likeness (QED) is 0.885. The second kappa shape index (κ2) is 5.58. The Labute approximate surface area is 116 Å². The minimum Gasteiger partial charge on any atom is -0.484 e. The summed E-state index contributed by atoms with van der Waals surface area (Å²) in [6.45, 7) is 1.39. The van der Waals surface area contributed by atoms with Crippen molar-refractivity contribution in [3.05, 3.63) is 18.2 Å². The third kappa shape index (κ3) is 2.80. The van der Waals surface area contributed by atoms with Crippen molar-refractivity contribution in [1.29, 1.82) is 0 Å². The van der Waals surface area contributed by atoms with Crippen LogP contribution in [0.3, 0.4) is 0 Å². The summed E-state index contributed by atoms with van der Waals surface area (Å²) in [5.74, 6) is 1.85. The first-order chi connectivity index (χ1) is 9.72. The van der Waals surface area contributed by atoms with E-state index in [1.807, 2.05) is 0 Å². The van der Waals surface area contributed by atoms with Crippen LogP contribution in [0.1, 0.15) is 12.8 Å². The maximum atomic E-state index is 12.0. The molecule has 0 radical (unpaired) electrons. The van der Waals surface area contributed by atoms with E-state index in [-0.39, 0.29) is 25.4 Å². The molecule has 0 bridgehead atoms. The number of rotatable bonds is 3. The van der Waals surface area contributed by atoms with E-state index < -0.39 is 0 Å². The molecule has 2 aliphatic rings. The first-order valence-electron chi connectivity index (χ1n) is 6.70. The highest BCUT2D eigenvalue weighted by Gasteiger charge is 2.21. The summed E-state index contributed by atoms with van der Waals surface area (Å²) in [5, 5.41) is 9.41. The normalized spacial score (nSPS) is 18.1. The van der Waals surface area contributed by atoms with E-state index in [2.05, 4.69) is 0 Å². The van der Waals surface area contributed by atoms with Crippen LogP contribution in [0.2, 0.25) is 0 Å². The summed E-state index contributed by atoms with van der Waals surface area (Å²) >= 11 is 0. The number of carbonyl (C=O) groups excluding carboxylic acids is 1. The second-order valence-electron chi connectivity index (χ2n) is 4.92. The third-order valence-corrected chi connectivity index (χ3v) is 3.52. The number of benzene rings is 1. The number of likely N-dealkylation sites (tertiary alicyclic amines) is 1. The van der Waals surface area contributed by atoms with Crippen LogP contribution in [-0.2, 0) is 4.79 Å². The van der Waals surface area contributed by atoms with Gasteiger partial charge in [-0.2, -0.15) is 0 Å². The Morgan fingerprint density at radius 3 is 2.85 bits per heavy atom. The average molecular weight is 279 g/mol. The van der Waals surface area contributed by atoms with Gasteiger partial charge in [-0.25, -0.2) is 0 Å². The van der Waals surface area contributed by atoms with Gasteiger partial charge in [0.2, 0.25) is 6.79 Å². The van der Waals surface area contributed by atoms with Crippen LogP contribution < -0.4 is 14.2 Å². The lowest BCUT2D eigenvalue weighted by Gasteiger charge is -2.29. The lowest BCUT2D eigenvalue weighted by atomic mass is 10.1. The molecule has 1 aromatic rings. The van der Waals surface area contributed by atoms with E-state index in [1.54, 1.807) is 23.1 Å². The Morgan fingerprint density at radius 2 is 2.05 bits per heavy atom. The van der Waals surface area contributed by atoms with Gasteiger partial charge in [0.05, 0.1) is 6.10 Å². The van der Waals surface area contributed by atoms with Gasteiger partial charge in [0, 0.05) is 19.2 Å². The summed E-state index contributed by atoms with van der Waals surface area (Å²) in [5.41, 5.74) is 0. The number of amides is 1. The molecule has 1 N–H and O–H groups in total. The summed E-state index contributed by atoms with van der Waals surface area (Å²) < 4.78 is 15.9. The van der Waals surface area contributed by atoms with Crippen molar-refractivity contribution in [2.24, 2.45) is 0 Å². The van der Waals surface area contributed by atoms with Crippen molar-refractivity contribution in [2.45, 2.75) is 18.9 Å². The van der Waals surface area contributed by atoms with Gasteiger partial charge < -0.3 is 24.2 Å². The fraction of sp³-hybridized carbons (Fsp3) is 0.500. The van der Waals surface area contributed by atoms with E-state index in [9.17, 15) is 9.90 Å². The molecule has 3 rings (SSSR count). The fourth-order valence-corrected chi connectivity index (χ4v) is 2.32. The summed E-state index contributed by atoms with van der Waals surface area (Å²) in [4.78, 5) is 13.7. The molecule has 1 amide bonds. The molecule has 2 aliphatic heterocycles. The fourth-order valence-electron chi connectivity index (χ4n) is 2.32. The molecule has 0 aliphatic carbocycles. The van der Waals surface area contributed by atoms with Gasteiger partial charge in [-0.1, -0.05) is 0 Å². The molecule has 0 saturated carbocycles. The average Bonchev–Trinajstić information content (AvgIpc) is 2.93. The number of hydrogen-bond acceptors (Lipinski definition) is 5. The van der Waals surface area contributed by atoms with Gasteiger partial charge in [-0.05, 0) is 25.0 Å². The number of nitrogens with zero attached hydrogens (tertiary/aromatic N) is 1. The number of hydrogen-bond donors (Lipinski definition) is 1. The Balaban J connectivity index is 1.53. The zero-order valence-electron chi connectivity index (χ0n) is 11.1. The van der Waals surface area contributed by atoms with E-state index in [1.165, 1.54) is 0 Å². The predicted molar refractivity (Wildman–Crippen MR) is 69.9 cm³/mol. The Bertz CT molecular complexity index is 496. The molecule has 6 heteroatoms. The van der Waals surface area contributed by atoms with Crippen LogP contribution in [0, 0.1) is 0 Å². The SMILES string of the molecule is O=C(COc1ccc2c(c1)OCO2)N1CCC(O)CC1. The van der Waals surface area contributed by atoms with Crippen molar-refractivity contribution in [3.8, 4) is 17.2 Å². The van der Waals surface area contributed by atoms with Crippen molar-refractivity contribution in [3.63, 3.8) is 0 Å². The van der Waals surface area contributed by atoms with Gasteiger partial charge in [0.1, 0.15) is 5.75 Å². The summed E-state index contributed by atoms with van der Waals surface area (Å²) in [7, 11) is 0. The third-order valence-electron chi connectivity index (χ3n) is 3.52. The topological polar surface area (TPSA) is 68.2 Å². The van der Waals surface area contributed by atoms with Crippen LogP contribution in [0.4, 0.5) is 0 Å². The Hall–Kier alpha value is -1.95. The monoisotopic (exact) mass is 279 g/mol. The second-order valence-corrected chi connectivity index (χ2v) is 4.92. The number of aliphatic hydroxyl groups is 1. The van der Waals surface area contributed by atoms with Gasteiger partial charge in [-0.15, -0.1) is 0 Å². The minimum atomic E-state index is -0.283. The highest BCUT2D eigenvalue weighted by atomic mass is 16.7. The smallest absolute Gasteiger partial charge is 0.260 e. The zero-order chi connectivity index (χ0) is 13.9. The van der Waals surface area contributed by atoms with Crippen LogP contribution in [0.25, 0.3) is 0 Å². The highest BCUT2D eigenvalue weighted by Crippen LogP contribution is 2.35. The maximum Gasteiger partial charge on any atom is 0.260 e. The first kappa shape index (κ1) is 13.1. The van der Waals surface area contributed by atoms with Crippen molar-refractivity contribution >= 4 is 5.91 Å². The Morgan fingerprint density at radius 1 is 1.30 bits per heavy atom. The number of aliphatic hydroxyl groups excluding tert-OH is 1. The molecule has 0 atom stereocenters. The van der Waals surface area contributed by atoms with Crippen molar-refractivity contribution in [1.82, 2.24) is 4.90 Å². The molecule has 0 spiro atoms. The summed E-state index contributed by atoms with van der Waals surface area (Å²) in [6, 6.07) is 5.23. The number of carbonyl (C=O) groups is 1. The highest BCUT2D eigenvalue weighted by molar-refractivity contribution is 5.77. The maximum absolute atomic E-state index is 12.0. The zero-order valence-corrected chi connectivity index (χ0v) is 11.1. The predicted octanol–water partition coefficient (Wildman–Crippen LogP) is 0.777. The van der Waals surface area contributed by atoms with Crippen LogP contribution in [0.5, 0.6) is 17.2 Å². The first-order valence-corrected chi connectivity index (χ1v) is 6.70. The molecule has 1 fully saturated rings. The molecule has 0 aromatic heterocycles.